The number of hydrogen-bond acceptors (Lipinski definition) is 7. The van der Waals surface area contributed by atoms with Crippen molar-refractivity contribution in [2.24, 2.45) is 0 Å². The molecule has 0 fully saturated rings. The van der Waals surface area contributed by atoms with Crippen molar-refractivity contribution >= 4 is 80.9 Å². The number of nitrogens with one attached hydrogen (secondary N) is 3. The molecule has 0 radical (unpaired) electrons. The maximum Gasteiger partial charge on any atom is 0.272 e. The van der Waals surface area contributed by atoms with E-state index in [1.807, 2.05) is 66.0 Å². The average Bonchev–Trinajstić information content (AvgIpc) is 3.64. The van der Waals surface area contributed by atoms with Crippen molar-refractivity contribution in [3.8, 4) is 17.0 Å². The Labute approximate surface area is 318 Å². The number of methoxy groups -OCH3 is 1. The molecule has 12 heteroatoms. The molecule has 52 heavy (non-hydrogen) atoms. The van der Waals surface area contributed by atoms with Gasteiger partial charge in [0.2, 0.25) is 5.91 Å². The van der Waals surface area contributed by atoms with Crippen molar-refractivity contribution in [2.75, 3.05) is 17.7 Å². The van der Waals surface area contributed by atoms with Crippen LogP contribution in [0.3, 0.4) is 0 Å². The Hall–Kier alpha value is -5.39. The first kappa shape index (κ1) is 36.4. The first-order valence-corrected chi connectivity index (χ1v) is 18.4. The lowest BCUT2D eigenvalue weighted by Crippen LogP contribution is -2.30. The molecule has 0 saturated carbocycles. The highest BCUT2D eigenvalue weighted by molar-refractivity contribution is 8.00. The average molecular weight is 766 g/mol. The molecule has 0 spiro atoms. The number of nitrogens with zero attached hydrogens (tertiary/aromatic N) is 1. The number of hydrogen-bond donors (Lipinski definition) is 3. The van der Waals surface area contributed by atoms with E-state index in [2.05, 4.69) is 20.9 Å². The van der Waals surface area contributed by atoms with Gasteiger partial charge in [-0.05, 0) is 65.7 Å². The van der Waals surface area contributed by atoms with Crippen LogP contribution in [0.4, 0.5) is 10.8 Å². The highest BCUT2D eigenvalue weighted by Crippen LogP contribution is 2.38. The summed E-state index contributed by atoms with van der Waals surface area (Å²) in [6.07, 6.45) is 1.47. The molecular formula is C40H30Cl2N4O4S2. The minimum absolute atomic E-state index is 0.0476. The number of ether oxygens (including phenoxy) is 1. The quantitative estimate of drug-likeness (QED) is 0.0846. The third-order valence-corrected chi connectivity index (χ3v) is 10.5. The molecule has 1 aromatic heterocycles. The number of rotatable bonds is 12. The fourth-order valence-corrected chi connectivity index (χ4v) is 7.25. The number of carbonyl (C=O) groups is 3. The van der Waals surface area contributed by atoms with E-state index in [0.29, 0.717) is 43.3 Å². The van der Waals surface area contributed by atoms with Crippen LogP contribution in [0.15, 0.2) is 143 Å². The molecule has 0 aliphatic heterocycles. The lowest BCUT2D eigenvalue weighted by Gasteiger charge is -2.17. The molecule has 0 bridgehead atoms. The second-order valence-electron chi connectivity index (χ2n) is 11.1. The molecule has 1 heterocycles. The lowest BCUT2D eigenvalue weighted by molar-refractivity contribution is -0.116. The molecule has 8 nitrogen and oxygen atoms in total. The molecule has 0 aliphatic carbocycles. The van der Waals surface area contributed by atoms with E-state index in [0.717, 1.165) is 11.1 Å². The van der Waals surface area contributed by atoms with E-state index in [1.165, 1.54) is 29.2 Å². The van der Waals surface area contributed by atoms with Gasteiger partial charge in [0, 0.05) is 27.1 Å². The summed E-state index contributed by atoms with van der Waals surface area (Å²) < 4.78 is 5.49. The van der Waals surface area contributed by atoms with E-state index in [4.69, 9.17) is 27.9 Å². The summed E-state index contributed by atoms with van der Waals surface area (Å²) in [7, 11) is 1.60. The fraction of sp³-hybridized carbons (Fsp3) is 0.0500. The first-order valence-electron chi connectivity index (χ1n) is 15.8. The molecule has 5 aromatic carbocycles. The number of thiazole rings is 1. The number of aromatic nitrogens is 1. The van der Waals surface area contributed by atoms with Gasteiger partial charge in [-0.25, -0.2) is 4.98 Å². The summed E-state index contributed by atoms with van der Waals surface area (Å²) in [4.78, 5) is 46.1. The number of para-hydroxylation sites is 1. The predicted molar refractivity (Wildman–Crippen MR) is 211 cm³/mol. The number of amides is 3. The molecule has 1 atom stereocenters. The van der Waals surface area contributed by atoms with Crippen molar-refractivity contribution in [1.82, 2.24) is 10.3 Å². The van der Waals surface area contributed by atoms with E-state index < -0.39 is 17.1 Å². The number of benzene rings is 5. The Morgan fingerprint density at radius 3 is 2.31 bits per heavy atom. The molecule has 3 amide bonds. The van der Waals surface area contributed by atoms with Gasteiger partial charge in [-0.15, -0.1) is 23.1 Å². The van der Waals surface area contributed by atoms with Gasteiger partial charge in [0.25, 0.3) is 11.8 Å². The summed E-state index contributed by atoms with van der Waals surface area (Å²) in [5, 5.41) is 10.8. The Bertz CT molecular complexity index is 2250. The molecule has 3 N–H and O–H groups in total. The van der Waals surface area contributed by atoms with Crippen LogP contribution < -0.4 is 20.7 Å². The van der Waals surface area contributed by atoms with Crippen LogP contribution >= 0.6 is 46.3 Å². The van der Waals surface area contributed by atoms with Gasteiger partial charge in [0.05, 0.1) is 22.8 Å². The summed E-state index contributed by atoms with van der Waals surface area (Å²) in [6.45, 7) is 0. The Morgan fingerprint density at radius 2 is 1.54 bits per heavy atom. The maximum atomic E-state index is 13.9. The highest BCUT2D eigenvalue weighted by Gasteiger charge is 2.24. The third-order valence-electron chi connectivity index (χ3n) is 7.61. The number of anilines is 2. The van der Waals surface area contributed by atoms with Crippen LogP contribution in [0.5, 0.6) is 5.75 Å². The van der Waals surface area contributed by atoms with E-state index in [1.54, 1.807) is 73.8 Å². The topological polar surface area (TPSA) is 109 Å². The van der Waals surface area contributed by atoms with Crippen molar-refractivity contribution in [3.05, 3.63) is 165 Å². The van der Waals surface area contributed by atoms with E-state index in [-0.39, 0.29) is 16.6 Å². The van der Waals surface area contributed by atoms with Gasteiger partial charge in [0.1, 0.15) is 16.7 Å². The lowest BCUT2D eigenvalue weighted by atomic mass is 10.1. The predicted octanol–water partition coefficient (Wildman–Crippen LogP) is 10.0. The zero-order valence-corrected chi connectivity index (χ0v) is 30.7. The fourth-order valence-electron chi connectivity index (χ4n) is 5.09. The molecule has 260 valence electrons. The zero-order chi connectivity index (χ0) is 36.5. The van der Waals surface area contributed by atoms with Crippen molar-refractivity contribution in [3.63, 3.8) is 0 Å². The third kappa shape index (κ3) is 9.09. The molecular weight excluding hydrogens is 736 g/mol. The molecule has 6 aromatic rings. The first-order chi connectivity index (χ1) is 25.3. The SMILES string of the molecule is COc1ccccc1-c1csc(NC(=O)C(Sc2cccc(NC(=O)/C(=C\c3cccc(Cl)c3Cl)NC(=O)c3ccccc3)c2)c2ccccc2)n1. The van der Waals surface area contributed by atoms with Crippen LogP contribution in [0, 0.1) is 0 Å². The molecule has 1 unspecified atom stereocenters. The van der Waals surface area contributed by atoms with E-state index >= 15 is 0 Å². The van der Waals surface area contributed by atoms with Crippen molar-refractivity contribution < 1.29 is 19.1 Å². The van der Waals surface area contributed by atoms with Gasteiger partial charge in [-0.2, -0.15) is 0 Å². The van der Waals surface area contributed by atoms with Gasteiger partial charge in [0.15, 0.2) is 5.13 Å². The van der Waals surface area contributed by atoms with Crippen LogP contribution in [0.25, 0.3) is 17.3 Å². The Kier molecular flexibility index (Phi) is 12.1. The Morgan fingerprint density at radius 1 is 0.827 bits per heavy atom. The molecule has 0 saturated heterocycles. The monoisotopic (exact) mass is 764 g/mol. The normalized spacial score (nSPS) is 11.7. The second kappa shape index (κ2) is 17.2. The summed E-state index contributed by atoms with van der Waals surface area (Å²) >= 11 is 15.3. The van der Waals surface area contributed by atoms with Crippen LogP contribution in [0.2, 0.25) is 10.0 Å². The van der Waals surface area contributed by atoms with Crippen molar-refractivity contribution in [2.45, 2.75) is 10.1 Å². The van der Waals surface area contributed by atoms with Crippen molar-refractivity contribution in [1.29, 1.82) is 0 Å². The zero-order valence-electron chi connectivity index (χ0n) is 27.5. The number of thioether (sulfide) groups is 1. The maximum absolute atomic E-state index is 13.9. The van der Waals surface area contributed by atoms with Crippen LogP contribution in [0.1, 0.15) is 26.7 Å². The summed E-state index contributed by atoms with van der Waals surface area (Å²) in [5.74, 6) is -0.644. The summed E-state index contributed by atoms with van der Waals surface area (Å²) in [6, 6.07) is 37.6. The molecule has 0 aliphatic rings. The minimum Gasteiger partial charge on any atom is -0.496 e. The van der Waals surface area contributed by atoms with Crippen LogP contribution in [-0.4, -0.2) is 29.8 Å². The van der Waals surface area contributed by atoms with Gasteiger partial charge in [-0.1, -0.05) is 102 Å². The second-order valence-corrected chi connectivity index (χ2v) is 14.0. The highest BCUT2D eigenvalue weighted by atomic mass is 35.5. The summed E-state index contributed by atoms with van der Waals surface area (Å²) in [5.41, 5.74) is 3.51. The van der Waals surface area contributed by atoms with E-state index in [9.17, 15) is 14.4 Å². The molecule has 6 rings (SSSR count). The minimum atomic E-state index is -0.656. The van der Waals surface area contributed by atoms with Gasteiger partial charge in [-0.3, -0.25) is 14.4 Å². The standard InChI is InChI=1S/C40H30Cl2N4O4S2/c1-50-34-21-9-8-19-30(34)33-24-51-40(45-33)46-39(49)36(25-12-4-2-5-13-25)52-29-18-11-17-28(23-29)43-38(48)32(22-27-16-10-20-31(41)35(27)42)44-37(47)26-14-6-3-7-15-26/h2-24,36H,1H3,(H,43,48)(H,44,47)(H,45,46,49)/b32-22+. The van der Waals surface area contributed by atoms with Crippen LogP contribution in [-0.2, 0) is 9.59 Å². The number of halogens is 2. The largest absolute Gasteiger partial charge is 0.496 e. The Balaban J connectivity index is 1.23. The van der Waals surface area contributed by atoms with Gasteiger partial charge >= 0.3 is 0 Å². The smallest absolute Gasteiger partial charge is 0.272 e. The number of carbonyl (C=O) groups excluding carboxylic acids is 3. The van der Waals surface area contributed by atoms with Gasteiger partial charge < -0.3 is 20.7 Å².